The SMILES string of the molecule is CNCc1nc(Cl)c(-c2cccs2)n1C. The first-order valence-corrected chi connectivity index (χ1v) is 5.89. The lowest BCUT2D eigenvalue weighted by Gasteiger charge is -2.03. The molecule has 0 saturated heterocycles. The summed E-state index contributed by atoms with van der Waals surface area (Å²) in [6.45, 7) is 0.724. The highest BCUT2D eigenvalue weighted by molar-refractivity contribution is 7.13. The van der Waals surface area contributed by atoms with Crippen LogP contribution in [0.2, 0.25) is 5.15 Å². The molecule has 0 aliphatic heterocycles. The van der Waals surface area contributed by atoms with E-state index in [1.807, 2.05) is 30.1 Å². The predicted molar refractivity (Wildman–Crippen MR) is 64.3 cm³/mol. The van der Waals surface area contributed by atoms with Gasteiger partial charge in [0.2, 0.25) is 0 Å². The van der Waals surface area contributed by atoms with E-state index in [-0.39, 0.29) is 0 Å². The molecular formula is C10H12ClN3S. The van der Waals surface area contributed by atoms with Gasteiger partial charge in [-0.25, -0.2) is 4.98 Å². The summed E-state index contributed by atoms with van der Waals surface area (Å²) in [7, 11) is 3.88. The molecule has 0 radical (unpaired) electrons. The monoisotopic (exact) mass is 241 g/mol. The lowest BCUT2D eigenvalue weighted by atomic mass is 10.4. The molecule has 0 bridgehead atoms. The molecule has 0 fully saturated rings. The van der Waals surface area contributed by atoms with Crippen molar-refractivity contribution >= 4 is 22.9 Å². The van der Waals surface area contributed by atoms with Crippen LogP contribution in [0.3, 0.4) is 0 Å². The summed E-state index contributed by atoms with van der Waals surface area (Å²) in [6.07, 6.45) is 0. The fourth-order valence-electron chi connectivity index (χ4n) is 1.51. The molecule has 2 aromatic rings. The number of thiophene rings is 1. The van der Waals surface area contributed by atoms with Crippen molar-refractivity contribution in [3.05, 3.63) is 28.5 Å². The second-order valence-corrected chi connectivity index (χ2v) is 4.54. The van der Waals surface area contributed by atoms with Crippen LogP contribution in [0.15, 0.2) is 17.5 Å². The van der Waals surface area contributed by atoms with Crippen LogP contribution in [0.5, 0.6) is 0 Å². The van der Waals surface area contributed by atoms with E-state index in [4.69, 9.17) is 11.6 Å². The Balaban J connectivity index is 2.48. The van der Waals surface area contributed by atoms with Crippen LogP contribution in [0, 0.1) is 0 Å². The van der Waals surface area contributed by atoms with Crippen LogP contribution in [0.1, 0.15) is 5.82 Å². The second kappa shape index (κ2) is 4.35. The minimum atomic E-state index is 0.574. The van der Waals surface area contributed by atoms with Crippen LogP contribution in [-0.2, 0) is 13.6 Å². The highest BCUT2D eigenvalue weighted by Gasteiger charge is 2.14. The van der Waals surface area contributed by atoms with E-state index in [0.29, 0.717) is 5.15 Å². The maximum absolute atomic E-state index is 6.12. The van der Waals surface area contributed by atoms with E-state index in [1.54, 1.807) is 11.3 Å². The fraction of sp³-hybridized carbons (Fsp3) is 0.300. The zero-order valence-electron chi connectivity index (χ0n) is 8.62. The first-order valence-electron chi connectivity index (χ1n) is 4.63. The largest absolute Gasteiger partial charge is 0.328 e. The Labute approximate surface area is 97.7 Å². The average Bonchev–Trinajstić information content (AvgIpc) is 2.77. The maximum Gasteiger partial charge on any atom is 0.156 e. The number of hydrogen-bond acceptors (Lipinski definition) is 3. The number of aromatic nitrogens is 2. The summed E-state index contributed by atoms with van der Waals surface area (Å²) in [5.41, 5.74) is 0.997. The van der Waals surface area contributed by atoms with Gasteiger partial charge in [-0.15, -0.1) is 11.3 Å². The number of halogens is 1. The number of nitrogens with zero attached hydrogens (tertiary/aromatic N) is 2. The third kappa shape index (κ3) is 1.93. The third-order valence-corrected chi connectivity index (χ3v) is 3.37. The Hall–Kier alpha value is -0.840. The van der Waals surface area contributed by atoms with E-state index in [2.05, 4.69) is 16.4 Å². The van der Waals surface area contributed by atoms with Gasteiger partial charge in [-0.3, -0.25) is 0 Å². The van der Waals surface area contributed by atoms with Crippen molar-refractivity contribution in [3.8, 4) is 10.6 Å². The molecule has 2 rings (SSSR count). The van der Waals surface area contributed by atoms with Gasteiger partial charge in [0.15, 0.2) is 5.15 Å². The summed E-state index contributed by atoms with van der Waals surface area (Å²) in [5, 5.41) is 5.68. The number of rotatable bonds is 3. The van der Waals surface area contributed by atoms with Crippen LogP contribution >= 0.6 is 22.9 Å². The van der Waals surface area contributed by atoms with Gasteiger partial charge in [0.25, 0.3) is 0 Å². The molecule has 5 heteroatoms. The van der Waals surface area contributed by atoms with Crippen LogP contribution < -0.4 is 5.32 Å². The molecule has 0 unspecified atom stereocenters. The Morgan fingerprint density at radius 1 is 1.60 bits per heavy atom. The molecule has 2 aromatic heterocycles. The molecule has 0 aromatic carbocycles. The van der Waals surface area contributed by atoms with Crippen molar-refractivity contribution in [3.63, 3.8) is 0 Å². The minimum Gasteiger partial charge on any atom is -0.328 e. The summed E-state index contributed by atoms with van der Waals surface area (Å²) in [5.74, 6) is 0.950. The first-order chi connectivity index (χ1) is 7.24. The Bertz CT molecular complexity index is 447. The average molecular weight is 242 g/mol. The van der Waals surface area contributed by atoms with Crippen LogP contribution in [0.25, 0.3) is 10.6 Å². The fourth-order valence-corrected chi connectivity index (χ4v) is 2.69. The van der Waals surface area contributed by atoms with Crippen molar-refractivity contribution in [1.82, 2.24) is 14.9 Å². The number of hydrogen-bond donors (Lipinski definition) is 1. The predicted octanol–water partition coefficient (Wildman–Crippen LogP) is 2.52. The summed E-state index contributed by atoms with van der Waals surface area (Å²) in [4.78, 5) is 5.48. The van der Waals surface area contributed by atoms with Crippen LogP contribution in [-0.4, -0.2) is 16.6 Å². The molecule has 0 amide bonds. The maximum atomic E-state index is 6.12. The second-order valence-electron chi connectivity index (χ2n) is 3.23. The summed E-state index contributed by atoms with van der Waals surface area (Å²) in [6, 6.07) is 4.07. The molecule has 3 nitrogen and oxygen atoms in total. The molecule has 0 spiro atoms. The van der Waals surface area contributed by atoms with Crippen molar-refractivity contribution in [1.29, 1.82) is 0 Å². The van der Waals surface area contributed by atoms with E-state index >= 15 is 0 Å². The lowest BCUT2D eigenvalue weighted by molar-refractivity contribution is 0.712. The molecule has 15 heavy (non-hydrogen) atoms. The Kier molecular flexibility index (Phi) is 3.09. The molecule has 2 heterocycles. The van der Waals surface area contributed by atoms with Gasteiger partial charge < -0.3 is 9.88 Å². The molecule has 0 saturated carbocycles. The van der Waals surface area contributed by atoms with E-state index in [0.717, 1.165) is 22.9 Å². The van der Waals surface area contributed by atoms with Gasteiger partial charge >= 0.3 is 0 Å². The standard InChI is InChI=1S/C10H12ClN3S/c1-12-6-8-13-10(11)9(14(8)2)7-4-3-5-15-7/h3-5,12H,6H2,1-2H3. The van der Waals surface area contributed by atoms with E-state index < -0.39 is 0 Å². The van der Waals surface area contributed by atoms with Gasteiger partial charge in [-0.05, 0) is 18.5 Å². The van der Waals surface area contributed by atoms with Crippen molar-refractivity contribution in [2.45, 2.75) is 6.54 Å². The Morgan fingerprint density at radius 3 is 3.00 bits per heavy atom. The summed E-state index contributed by atoms with van der Waals surface area (Å²) >= 11 is 7.79. The summed E-state index contributed by atoms with van der Waals surface area (Å²) < 4.78 is 2.03. The van der Waals surface area contributed by atoms with Crippen molar-refractivity contribution in [2.75, 3.05) is 7.05 Å². The van der Waals surface area contributed by atoms with Crippen LogP contribution in [0.4, 0.5) is 0 Å². The molecular weight excluding hydrogens is 230 g/mol. The zero-order chi connectivity index (χ0) is 10.8. The molecule has 80 valence electrons. The van der Waals surface area contributed by atoms with Gasteiger partial charge in [-0.1, -0.05) is 17.7 Å². The molecule has 0 aliphatic rings. The molecule has 0 aliphatic carbocycles. The minimum absolute atomic E-state index is 0.574. The number of imidazole rings is 1. The van der Waals surface area contributed by atoms with E-state index in [1.165, 1.54) is 0 Å². The quantitative estimate of drug-likeness (QED) is 0.895. The van der Waals surface area contributed by atoms with Gasteiger partial charge in [-0.2, -0.15) is 0 Å². The van der Waals surface area contributed by atoms with Gasteiger partial charge in [0.05, 0.1) is 17.1 Å². The van der Waals surface area contributed by atoms with Crippen molar-refractivity contribution in [2.24, 2.45) is 7.05 Å². The van der Waals surface area contributed by atoms with Gasteiger partial charge in [0.1, 0.15) is 5.82 Å². The van der Waals surface area contributed by atoms with Crippen molar-refractivity contribution < 1.29 is 0 Å². The molecule has 0 atom stereocenters. The first kappa shape index (κ1) is 10.7. The highest BCUT2D eigenvalue weighted by Crippen LogP contribution is 2.31. The van der Waals surface area contributed by atoms with E-state index in [9.17, 15) is 0 Å². The molecule has 1 N–H and O–H groups in total. The smallest absolute Gasteiger partial charge is 0.156 e. The zero-order valence-corrected chi connectivity index (χ0v) is 10.2. The Morgan fingerprint density at radius 2 is 2.40 bits per heavy atom. The third-order valence-electron chi connectivity index (χ3n) is 2.23. The topological polar surface area (TPSA) is 29.9 Å². The normalized spacial score (nSPS) is 10.9. The highest BCUT2D eigenvalue weighted by atomic mass is 35.5. The van der Waals surface area contributed by atoms with Gasteiger partial charge in [0, 0.05) is 7.05 Å². The number of nitrogens with one attached hydrogen (secondary N) is 1. The lowest BCUT2D eigenvalue weighted by Crippen LogP contribution is -2.10.